The van der Waals surface area contributed by atoms with Crippen LogP contribution >= 0.6 is 0 Å². The fraction of sp³-hybridized carbons (Fsp3) is 0.643. The SMILES string of the molecule is CCCCCCCCCCN1C(=O)C(c2ccc(C)c(C)c2)=C(N2CCCC(C)C2)C1=O. The Labute approximate surface area is 195 Å². The second-order valence-electron chi connectivity index (χ2n) is 9.95. The summed E-state index contributed by atoms with van der Waals surface area (Å²) in [5, 5.41) is 0. The van der Waals surface area contributed by atoms with E-state index in [0.717, 1.165) is 43.5 Å². The van der Waals surface area contributed by atoms with Crippen LogP contribution in [0.4, 0.5) is 0 Å². The van der Waals surface area contributed by atoms with Gasteiger partial charge in [0.15, 0.2) is 0 Å². The lowest BCUT2D eigenvalue weighted by Gasteiger charge is -2.33. The molecule has 176 valence electrons. The quantitative estimate of drug-likeness (QED) is 0.303. The molecule has 4 nitrogen and oxygen atoms in total. The number of rotatable bonds is 11. The van der Waals surface area contributed by atoms with Crippen molar-refractivity contribution < 1.29 is 9.59 Å². The monoisotopic (exact) mass is 438 g/mol. The predicted octanol–water partition coefficient (Wildman–Crippen LogP) is 6.26. The minimum atomic E-state index is -0.102. The molecule has 2 aliphatic rings. The summed E-state index contributed by atoms with van der Waals surface area (Å²) in [6, 6.07) is 6.14. The molecule has 2 amide bonds. The molecule has 0 bridgehead atoms. The van der Waals surface area contributed by atoms with Crippen LogP contribution in [0.2, 0.25) is 0 Å². The van der Waals surface area contributed by atoms with E-state index in [4.69, 9.17) is 0 Å². The van der Waals surface area contributed by atoms with Gasteiger partial charge in [-0.2, -0.15) is 0 Å². The molecule has 1 aromatic rings. The molecule has 0 spiro atoms. The number of carbonyl (C=O) groups excluding carboxylic acids is 2. The van der Waals surface area contributed by atoms with Crippen LogP contribution in [0.1, 0.15) is 94.7 Å². The summed E-state index contributed by atoms with van der Waals surface area (Å²) in [5.74, 6) is 0.358. The van der Waals surface area contributed by atoms with E-state index >= 15 is 0 Å². The first-order valence-electron chi connectivity index (χ1n) is 12.9. The number of hydrogen-bond donors (Lipinski definition) is 0. The van der Waals surface area contributed by atoms with Crippen molar-refractivity contribution >= 4 is 17.4 Å². The number of carbonyl (C=O) groups is 2. The molecule has 1 unspecified atom stereocenters. The first kappa shape index (κ1) is 24.5. The van der Waals surface area contributed by atoms with Gasteiger partial charge in [0.2, 0.25) is 0 Å². The topological polar surface area (TPSA) is 40.6 Å². The Morgan fingerprint density at radius 3 is 2.25 bits per heavy atom. The van der Waals surface area contributed by atoms with Crippen LogP contribution in [0.3, 0.4) is 0 Å². The summed E-state index contributed by atoms with van der Waals surface area (Å²) in [6.07, 6.45) is 11.9. The molecule has 1 atom stereocenters. The van der Waals surface area contributed by atoms with E-state index in [9.17, 15) is 9.59 Å². The molecular weight excluding hydrogens is 396 g/mol. The minimum absolute atomic E-state index is 0.0831. The second kappa shape index (κ2) is 11.7. The lowest BCUT2D eigenvalue weighted by atomic mass is 9.96. The summed E-state index contributed by atoms with van der Waals surface area (Å²) in [6.45, 7) is 10.9. The smallest absolute Gasteiger partial charge is 0.277 e. The van der Waals surface area contributed by atoms with Crippen molar-refractivity contribution in [2.75, 3.05) is 19.6 Å². The van der Waals surface area contributed by atoms with Gasteiger partial charge >= 0.3 is 0 Å². The van der Waals surface area contributed by atoms with Crippen molar-refractivity contribution in [2.45, 2.75) is 91.9 Å². The van der Waals surface area contributed by atoms with Crippen molar-refractivity contribution in [1.29, 1.82) is 0 Å². The highest BCUT2D eigenvalue weighted by Crippen LogP contribution is 2.34. The molecule has 3 rings (SSSR count). The Kier molecular flexibility index (Phi) is 8.95. The highest BCUT2D eigenvalue weighted by Gasteiger charge is 2.41. The molecule has 0 N–H and O–H groups in total. The molecule has 0 aromatic heterocycles. The standard InChI is InChI=1S/C28H42N2O2/c1-5-6-7-8-9-10-11-12-18-30-27(31)25(24-16-15-22(3)23(4)19-24)26(28(30)32)29-17-13-14-21(2)20-29/h15-16,19,21H,5-14,17-18,20H2,1-4H3. The number of likely N-dealkylation sites (tertiary alicyclic amines) is 1. The number of unbranched alkanes of at least 4 members (excludes halogenated alkanes) is 7. The summed E-state index contributed by atoms with van der Waals surface area (Å²) in [7, 11) is 0. The second-order valence-corrected chi connectivity index (χ2v) is 9.95. The number of hydrogen-bond acceptors (Lipinski definition) is 3. The molecule has 1 fully saturated rings. The molecule has 2 heterocycles. The summed E-state index contributed by atoms with van der Waals surface area (Å²) >= 11 is 0. The fourth-order valence-electron chi connectivity index (χ4n) is 5.01. The summed E-state index contributed by atoms with van der Waals surface area (Å²) < 4.78 is 0. The summed E-state index contributed by atoms with van der Waals surface area (Å²) in [5.41, 5.74) is 4.51. The van der Waals surface area contributed by atoms with E-state index in [1.54, 1.807) is 0 Å². The summed E-state index contributed by atoms with van der Waals surface area (Å²) in [4.78, 5) is 30.7. The Bertz CT molecular complexity index is 842. The third-order valence-corrected chi connectivity index (χ3v) is 7.15. The Hall–Kier alpha value is -2.10. The lowest BCUT2D eigenvalue weighted by Crippen LogP contribution is -2.39. The van der Waals surface area contributed by atoms with Gasteiger partial charge in [-0.25, -0.2) is 0 Å². The van der Waals surface area contributed by atoms with Crippen LogP contribution in [0.5, 0.6) is 0 Å². The van der Waals surface area contributed by atoms with Crippen molar-refractivity contribution in [3.63, 3.8) is 0 Å². The lowest BCUT2D eigenvalue weighted by molar-refractivity contribution is -0.137. The molecule has 2 aliphatic heterocycles. The number of aryl methyl sites for hydroxylation is 2. The maximum atomic E-state index is 13.5. The third-order valence-electron chi connectivity index (χ3n) is 7.15. The first-order chi connectivity index (χ1) is 15.4. The van der Waals surface area contributed by atoms with Crippen LogP contribution in [0.15, 0.2) is 23.9 Å². The molecule has 1 aromatic carbocycles. The van der Waals surface area contributed by atoms with Gasteiger partial charge in [0.1, 0.15) is 5.70 Å². The van der Waals surface area contributed by atoms with Crippen LogP contribution in [0.25, 0.3) is 5.57 Å². The fourth-order valence-corrected chi connectivity index (χ4v) is 5.01. The Balaban J connectivity index is 1.72. The highest BCUT2D eigenvalue weighted by atomic mass is 16.2. The predicted molar refractivity (Wildman–Crippen MR) is 132 cm³/mol. The third kappa shape index (κ3) is 5.82. The number of imide groups is 1. The van der Waals surface area contributed by atoms with Gasteiger partial charge < -0.3 is 4.90 Å². The normalized spacial score (nSPS) is 19.4. The average Bonchev–Trinajstić information content (AvgIpc) is 3.02. The number of amides is 2. The minimum Gasteiger partial charge on any atom is -0.366 e. The Morgan fingerprint density at radius 2 is 1.59 bits per heavy atom. The number of benzene rings is 1. The maximum Gasteiger partial charge on any atom is 0.277 e. The number of nitrogens with zero attached hydrogens (tertiary/aromatic N) is 2. The molecule has 0 radical (unpaired) electrons. The van der Waals surface area contributed by atoms with Crippen LogP contribution in [-0.2, 0) is 9.59 Å². The van der Waals surface area contributed by atoms with E-state index in [-0.39, 0.29) is 11.8 Å². The van der Waals surface area contributed by atoms with Crippen LogP contribution < -0.4 is 0 Å². The van der Waals surface area contributed by atoms with Gasteiger partial charge in [-0.15, -0.1) is 0 Å². The molecule has 32 heavy (non-hydrogen) atoms. The Morgan fingerprint density at radius 1 is 0.906 bits per heavy atom. The van der Waals surface area contributed by atoms with E-state index in [1.165, 1.54) is 55.4 Å². The largest absolute Gasteiger partial charge is 0.366 e. The van der Waals surface area contributed by atoms with Crippen molar-refractivity contribution in [3.8, 4) is 0 Å². The van der Waals surface area contributed by atoms with Crippen molar-refractivity contribution in [2.24, 2.45) is 5.92 Å². The molecule has 0 aliphatic carbocycles. The van der Waals surface area contributed by atoms with Crippen molar-refractivity contribution in [1.82, 2.24) is 9.80 Å². The van der Waals surface area contributed by atoms with E-state index in [2.05, 4.69) is 44.7 Å². The van der Waals surface area contributed by atoms with E-state index in [1.807, 2.05) is 6.07 Å². The zero-order valence-corrected chi connectivity index (χ0v) is 20.7. The van der Waals surface area contributed by atoms with Crippen LogP contribution in [0, 0.1) is 19.8 Å². The van der Waals surface area contributed by atoms with Gasteiger partial charge in [0.05, 0.1) is 5.57 Å². The highest BCUT2D eigenvalue weighted by molar-refractivity contribution is 6.35. The van der Waals surface area contributed by atoms with Crippen molar-refractivity contribution in [3.05, 3.63) is 40.6 Å². The zero-order valence-electron chi connectivity index (χ0n) is 20.7. The van der Waals surface area contributed by atoms with E-state index in [0.29, 0.717) is 23.7 Å². The van der Waals surface area contributed by atoms with Gasteiger partial charge in [-0.1, -0.05) is 77.0 Å². The van der Waals surface area contributed by atoms with Gasteiger partial charge in [0.25, 0.3) is 11.8 Å². The number of piperidine rings is 1. The van der Waals surface area contributed by atoms with E-state index < -0.39 is 0 Å². The van der Waals surface area contributed by atoms with Gasteiger partial charge in [-0.3, -0.25) is 14.5 Å². The van der Waals surface area contributed by atoms with Crippen LogP contribution in [-0.4, -0.2) is 41.2 Å². The first-order valence-corrected chi connectivity index (χ1v) is 12.9. The zero-order chi connectivity index (χ0) is 23.1. The molecular formula is C28H42N2O2. The van der Waals surface area contributed by atoms with Gasteiger partial charge in [0, 0.05) is 19.6 Å². The molecule has 4 heteroatoms. The van der Waals surface area contributed by atoms with Gasteiger partial charge in [-0.05, 0) is 55.7 Å². The maximum absolute atomic E-state index is 13.5. The molecule has 1 saturated heterocycles. The average molecular weight is 439 g/mol. The molecule has 0 saturated carbocycles.